The predicted molar refractivity (Wildman–Crippen MR) is 61.5 cm³/mol. The molecular formula is C11H10ClN3. The van der Waals surface area contributed by atoms with Gasteiger partial charge in [-0.05, 0) is 19.1 Å². The lowest BCUT2D eigenvalue weighted by Crippen LogP contribution is -1.95. The largest absolute Gasteiger partial charge is 0.352 e. The second-order valence-electron chi connectivity index (χ2n) is 3.11. The number of benzene rings is 1. The molecule has 1 aromatic heterocycles. The Hall–Kier alpha value is -1.61. The predicted octanol–water partition coefficient (Wildman–Crippen LogP) is 3.18. The first-order chi connectivity index (χ1) is 7.25. The molecule has 0 spiro atoms. The van der Waals surface area contributed by atoms with Crippen molar-refractivity contribution in [3.8, 4) is 0 Å². The highest BCUT2D eigenvalue weighted by Gasteiger charge is 2.02. The van der Waals surface area contributed by atoms with Crippen LogP contribution in [0.15, 0.2) is 36.5 Å². The molecule has 4 heteroatoms. The Morgan fingerprint density at radius 3 is 2.60 bits per heavy atom. The van der Waals surface area contributed by atoms with E-state index in [1.54, 1.807) is 13.1 Å². The molecule has 1 aromatic carbocycles. The van der Waals surface area contributed by atoms with Crippen LogP contribution in [0.1, 0.15) is 5.82 Å². The number of nitrogens with zero attached hydrogens (tertiary/aromatic N) is 2. The summed E-state index contributed by atoms with van der Waals surface area (Å²) in [5.74, 6) is 0.665. The average molecular weight is 220 g/mol. The Kier molecular flexibility index (Phi) is 2.83. The lowest BCUT2D eigenvalue weighted by molar-refractivity contribution is 1.05. The molecule has 0 saturated carbocycles. The van der Waals surface area contributed by atoms with E-state index in [0.717, 1.165) is 5.69 Å². The van der Waals surface area contributed by atoms with Crippen LogP contribution in [0.4, 0.5) is 11.4 Å². The molecule has 15 heavy (non-hydrogen) atoms. The molecule has 2 rings (SSSR count). The van der Waals surface area contributed by atoms with Crippen molar-refractivity contribution in [2.24, 2.45) is 0 Å². The summed E-state index contributed by atoms with van der Waals surface area (Å²) < 4.78 is 0. The molecule has 0 amide bonds. The van der Waals surface area contributed by atoms with E-state index in [1.807, 2.05) is 30.3 Å². The van der Waals surface area contributed by atoms with Crippen LogP contribution in [0.2, 0.25) is 5.15 Å². The van der Waals surface area contributed by atoms with Crippen LogP contribution in [0.25, 0.3) is 0 Å². The van der Waals surface area contributed by atoms with Gasteiger partial charge in [0.1, 0.15) is 5.82 Å². The minimum atomic E-state index is 0.436. The van der Waals surface area contributed by atoms with Crippen LogP contribution >= 0.6 is 11.6 Å². The van der Waals surface area contributed by atoms with Gasteiger partial charge >= 0.3 is 0 Å². The lowest BCUT2D eigenvalue weighted by Gasteiger charge is -2.06. The fourth-order valence-electron chi connectivity index (χ4n) is 1.20. The van der Waals surface area contributed by atoms with E-state index >= 15 is 0 Å². The van der Waals surface area contributed by atoms with E-state index in [0.29, 0.717) is 16.7 Å². The maximum absolute atomic E-state index is 5.97. The van der Waals surface area contributed by atoms with Crippen molar-refractivity contribution in [3.63, 3.8) is 0 Å². The molecule has 2 aromatic rings. The van der Waals surface area contributed by atoms with Crippen molar-refractivity contribution in [3.05, 3.63) is 47.5 Å². The van der Waals surface area contributed by atoms with Crippen LogP contribution in [-0.4, -0.2) is 9.97 Å². The van der Waals surface area contributed by atoms with Gasteiger partial charge in [0.2, 0.25) is 0 Å². The summed E-state index contributed by atoms with van der Waals surface area (Å²) in [4.78, 5) is 8.14. The molecule has 1 N–H and O–H groups in total. The van der Waals surface area contributed by atoms with Gasteiger partial charge in [-0.15, -0.1) is 0 Å². The summed E-state index contributed by atoms with van der Waals surface area (Å²) in [6, 6.07) is 9.77. The summed E-state index contributed by atoms with van der Waals surface area (Å²) in [6.07, 6.45) is 1.68. The van der Waals surface area contributed by atoms with E-state index in [-0.39, 0.29) is 0 Å². The van der Waals surface area contributed by atoms with Gasteiger partial charge in [0.05, 0.1) is 11.9 Å². The summed E-state index contributed by atoms with van der Waals surface area (Å²) in [5, 5.41) is 3.58. The monoisotopic (exact) mass is 219 g/mol. The molecule has 0 radical (unpaired) electrons. The minimum Gasteiger partial charge on any atom is -0.352 e. The van der Waals surface area contributed by atoms with Gasteiger partial charge in [0.15, 0.2) is 5.15 Å². The van der Waals surface area contributed by atoms with Crippen molar-refractivity contribution < 1.29 is 0 Å². The van der Waals surface area contributed by atoms with Gasteiger partial charge < -0.3 is 5.32 Å². The third-order valence-corrected chi connectivity index (χ3v) is 2.20. The van der Waals surface area contributed by atoms with Crippen LogP contribution in [0, 0.1) is 6.92 Å². The van der Waals surface area contributed by atoms with Crippen molar-refractivity contribution >= 4 is 23.0 Å². The molecule has 0 saturated heterocycles. The Bertz CT molecular complexity index is 457. The molecule has 0 aliphatic carbocycles. The molecule has 0 atom stereocenters. The number of hydrogen-bond acceptors (Lipinski definition) is 3. The number of nitrogens with one attached hydrogen (secondary N) is 1. The van der Waals surface area contributed by atoms with Gasteiger partial charge in [-0.3, -0.25) is 0 Å². The van der Waals surface area contributed by atoms with Crippen molar-refractivity contribution in [1.29, 1.82) is 0 Å². The van der Waals surface area contributed by atoms with Crippen LogP contribution in [-0.2, 0) is 0 Å². The molecule has 0 fully saturated rings. The number of aromatic nitrogens is 2. The molecule has 3 nitrogen and oxygen atoms in total. The minimum absolute atomic E-state index is 0.436. The lowest BCUT2D eigenvalue weighted by atomic mass is 10.3. The maximum Gasteiger partial charge on any atom is 0.156 e. The van der Waals surface area contributed by atoms with E-state index in [9.17, 15) is 0 Å². The average Bonchev–Trinajstić information content (AvgIpc) is 2.24. The van der Waals surface area contributed by atoms with E-state index in [2.05, 4.69) is 15.3 Å². The third kappa shape index (κ3) is 2.44. The fourth-order valence-corrected chi connectivity index (χ4v) is 1.42. The highest BCUT2D eigenvalue weighted by Crippen LogP contribution is 2.22. The van der Waals surface area contributed by atoms with Crippen molar-refractivity contribution in [1.82, 2.24) is 9.97 Å². The number of anilines is 2. The Balaban J connectivity index is 2.25. The standard InChI is InChI=1S/C11H10ClN3/c1-8-13-7-10(11(12)14-8)15-9-5-3-2-4-6-9/h2-7,15H,1H3. The Labute approximate surface area is 93.1 Å². The Morgan fingerprint density at radius 1 is 1.20 bits per heavy atom. The molecule has 76 valence electrons. The first-order valence-electron chi connectivity index (χ1n) is 4.57. The van der Waals surface area contributed by atoms with Gasteiger partial charge in [-0.2, -0.15) is 0 Å². The van der Waals surface area contributed by atoms with Gasteiger partial charge in [-0.25, -0.2) is 9.97 Å². The second-order valence-corrected chi connectivity index (χ2v) is 3.47. The fraction of sp³-hybridized carbons (Fsp3) is 0.0909. The summed E-state index contributed by atoms with van der Waals surface area (Å²) >= 11 is 5.97. The highest BCUT2D eigenvalue weighted by molar-refractivity contribution is 6.32. The molecule has 1 heterocycles. The van der Waals surface area contributed by atoms with E-state index in [4.69, 9.17) is 11.6 Å². The summed E-state index contributed by atoms with van der Waals surface area (Å²) in [6.45, 7) is 1.80. The zero-order valence-corrected chi connectivity index (χ0v) is 8.99. The molecule has 0 aliphatic rings. The second kappa shape index (κ2) is 4.28. The number of hydrogen-bond donors (Lipinski definition) is 1. The third-order valence-electron chi connectivity index (χ3n) is 1.92. The van der Waals surface area contributed by atoms with Crippen LogP contribution in [0.5, 0.6) is 0 Å². The SMILES string of the molecule is Cc1ncc(Nc2ccccc2)c(Cl)n1. The van der Waals surface area contributed by atoms with Crippen LogP contribution in [0.3, 0.4) is 0 Å². The quantitative estimate of drug-likeness (QED) is 0.789. The topological polar surface area (TPSA) is 37.8 Å². The zero-order valence-electron chi connectivity index (χ0n) is 8.24. The number of para-hydroxylation sites is 1. The number of aryl methyl sites for hydroxylation is 1. The molecule has 0 aliphatic heterocycles. The van der Waals surface area contributed by atoms with Crippen LogP contribution < -0.4 is 5.32 Å². The number of rotatable bonds is 2. The number of halogens is 1. The zero-order chi connectivity index (χ0) is 10.7. The van der Waals surface area contributed by atoms with Gasteiger partial charge in [0, 0.05) is 5.69 Å². The first-order valence-corrected chi connectivity index (χ1v) is 4.95. The molecule has 0 unspecified atom stereocenters. The smallest absolute Gasteiger partial charge is 0.156 e. The molecule has 0 bridgehead atoms. The normalized spacial score (nSPS) is 10.0. The molecular weight excluding hydrogens is 210 g/mol. The van der Waals surface area contributed by atoms with E-state index in [1.165, 1.54) is 0 Å². The highest BCUT2D eigenvalue weighted by atomic mass is 35.5. The summed E-state index contributed by atoms with van der Waals surface area (Å²) in [5.41, 5.74) is 1.68. The summed E-state index contributed by atoms with van der Waals surface area (Å²) in [7, 11) is 0. The maximum atomic E-state index is 5.97. The van der Waals surface area contributed by atoms with Crippen molar-refractivity contribution in [2.45, 2.75) is 6.92 Å². The first kappa shape index (κ1) is 9.93. The Morgan fingerprint density at radius 2 is 1.93 bits per heavy atom. The van der Waals surface area contributed by atoms with E-state index < -0.39 is 0 Å². The van der Waals surface area contributed by atoms with Gasteiger partial charge in [-0.1, -0.05) is 29.8 Å². The van der Waals surface area contributed by atoms with Crippen molar-refractivity contribution in [2.75, 3.05) is 5.32 Å². The van der Waals surface area contributed by atoms with Gasteiger partial charge in [0.25, 0.3) is 0 Å².